The lowest BCUT2D eigenvalue weighted by atomic mass is 10.0. The Kier molecular flexibility index (Phi) is 7.05. The summed E-state index contributed by atoms with van der Waals surface area (Å²) < 4.78 is 15.5. The monoisotopic (exact) mass is 405 g/mol. The van der Waals surface area contributed by atoms with Gasteiger partial charge in [-0.1, -0.05) is 48.5 Å². The molecule has 0 saturated heterocycles. The van der Waals surface area contributed by atoms with E-state index in [0.29, 0.717) is 23.5 Å². The standard InChI is InChI=1S/C24H23NO5/c1-28-22-15-19(24(27)29-2)12-13-21(22)30-16-23(26)25-20-11-7-6-10-18(20)14-17-8-4-3-5-9-17/h3-13,15H,14,16H2,1-2H3,(H,25,26). The normalized spacial score (nSPS) is 10.2. The van der Waals surface area contributed by atoms with E-state index in [4.69, 9.17) is 14.2 Å². The third-order valence-corrected chi connectivity index (χ3v) is 4.47. The van der Waals surface area contributed by atoms with Crippen LogP contribution in [0.15, 0.2) is 72.8 Å². The molecule has 6 nitrogen and oxygen atoms in total. The molecule has 30 heavy (non-hydrogen) atoms. The first-order valence-electron chi connectivity index (χ1n) is 9.41. The minimum absolute atomic E-state index is 0.201. The van der Waals surface area contributed by atoms with Crippen LogP contribution in [-0.4, -0.2) is 32.7 Å². The summed E-state index contributed by atoms with van der Waals surface area (Å²) in [5.41, 5.74) is 3.24. The van der Waals surface area contributed by atoms with Gasteiger partial charge in [-0.05, 0) is 41.8 Å². The zero-order chi connectivity index (χ0) is 21.3. The highest BCUT2D eigenvalue weighted by molar-refractivity contribution is 5.93. The second kappa shape index (κ2) is 10.1. The van der Waals surface area contributed by atoms with Gasteiger partial charge in [-0.2, -0.15) is 0 Å². The number of carbonyl (C=O) groups excluding carboxylic acids is 2. The average Bonchev–Trinajstić information content (AvgIpc) is 2.79. The predicted molar refractivity (Wildman–Crippen MR) is 114 cm³/mol. The van der Waals surface area contributed by atoms with Crippen molar-refractivity contribution in [3.05, 3.63) is 89.5 Å². The van der Waals surface area contributed by atoms with Crippen molar-refractivity contribution < 1.29 is 23.8 Å². The van der Waals surface area contributed by atoms with Crippen LogP contribution in [-0.2, 0) is 16.0 Å². The molecule has 0 aliphatic heterocycles. The minimum atomic E-state index is -0.479. The molecule has 0 aliphatic rings. The van der Waals surface area contributed by atoms with Crippen molar-refractivity contribution in [2.75, 3.05) is 26.1 Å². The highest BCUT2D eigenvalue weighted by Gasteiger charge is 2.13. The molecule has 154 valence electrons. The number of nitrogens with one attached hydrogen (secondary N) is 1. The summed E-state index contributed by atoms with van der Waals surface area (Å²) in [4.78, 5) is 24.1. The largest absolute Gasteiger partial charge is 0.493 e. The maximum Gasteiger partial charge on any atom is 0.337 e. The fourth-order valence-corrected chi connectivity index (χ4v) is 2.97. The molecule has 0 saturated carbocycles. The van der Waals surface area contributed by atoms with Crippen LogP contribution in [0.25, 0.3) is 0 Å². The van der Waals surface area contributed by atoms with Gasteiger partial charge in [0.15, 0.2) is 18.1 Å². The number of carbonyl (C=O) groups is 2. The zero-order valence-corrected chi connectivity index (χ0v) is 16.9. The van der Waals surface area contributed by atoms with Crippen LogP contribution in [0.5, 0.6) is 11.5 Å². The van der Waals surface area contributed by atoms with Crippen molar-refractivity contribution in [1.82, 2.24) is 0 Å². The molecule has 3 aromatic rings. The van der Waals surface area contributed by atoms with Crippen LogP contribution >= 0.6 is 0 Å². The van der Waals surface area contributed by atoms with Gasteiger partial charge < -0.3 is 19.5 Å². The lowest BCUT2D eigenvalue weighted by molar-refractivity contribution is -0.118. The third kappa shape index (κ3) is 5.38. The Morgan fingerprint density at radius 1 is 0.867 bits per heavy atom. The molecule has 3 rings (SSSR count). The Morgan fingerprint density at radius 3 is 2.33 bits per heavy atom. The second-order valence-corrected chi connectivity index (χ2v) is 6.51. The van der Waals surface area contributed by atoms with Crippen molar-refractivity contribution >= 4 is 17.6 Å². The van der Waals surface area contributed by atoms with Gasteiger partial charge in [0.2, 0.25) is 0 Å². The van der Waals surface area contributed by atoms with Gasteiger partial charge in [0.25, 0.3) is 5.91 Å². The topological polar surface area (TPSA) is 73.9 Å². The van der Waals surface area contributed by atoms with Crippen LogP contribution in [0.2, 0.25) is 0 Å². The summed E-state index contributed by atoms with van der Waals surface area (Å²) in [6.07, 6.45) is 0.709. The highest BCUT2D eigenvalue weighted by atomic mass is 16.5. The number of ether oxygens (including phenoxy) is 3. The van der Waals surface area contributed by atoms with Crippen LogP contribution in [0.4, 0.5) is 5.69 Å². The Balaban J connectivity index is 1.65. The van der Waals surface area contributed by atoms with Crippen molar-refractivity contribution in [2.45, 2.75) is 6.42 Å². The van der Waals surface area contributed by atoms with E-state index in [0.717, 1.165) is 16.8 Å². The van der Waals surface area contributed by atoms with E-state index in [1.807, 2.05) is 54.6 Å². The number of anilines is 1. The highest BCUT2D eigenvalue weighted by Crippen LogP contribution is 2.28. The van der Waals surface area contributed by atoms with Crippen molar-refractivity contribution in [1.29, 1.82) is 0 Å². The number of amides is 1. The van der Waals surface area contributed by atoms with Crippen molar-refractivity contribution in [2.24, 2.45) is 0 Å². The van der Waals surface area contributed by atoms with Gasteiger partial charge in [0.1, 0.15) is 0 Å². The first kappa shape index (κ1) is 20.9. The SMILES string of the molecule is COC(=O)c1ccc(OCC(=O)Nc2ccccc2Cc2ccccc2)c(OC)c1. The van der Waals surface area contributed by atoms with E-state index in [1.165, 1.54) is 20.3 Å². The Hall–Kier alpha value is -3.80. The van der Waals surface area contributed by atoms with Crippen molar-refractivity contribution in [3.63, 3.8) is 0 Å². The number of hydrogen-bond acceptors (Lipinski definition) is 5. The zero-order valence-electron chi connectivity index (χ0n) is 16.9. The molecule has 0 bridgehead atoms. The number of para-hydroxylation sites is 1. The van der Waals surface area contributed by atoms with E-state index in [-0.39, 0.29) is 12.5 Å². The molecule has 6 heteroatoms. The van der Waals surface area contributed by atoms with Gasteiger partial charge in [0.05, 0.1) is 19.8 Å². The molecule has 3 aromatic carbocycles. The van der Waals surface area contributed by atoms with E-state index in [9.17, 15) is 9.59 Å². The molecule has 0 heterocycles. The maximum atomic E-state index is 12.5. The molecule has 1 amide bonds. The van der Waals surface area contributed by atoms with Crippen molar-refractivity contribution in [3.8, 4) is 11.5 Å². The van der Waals surface area contributed by atoms with E-state index in [1.54, 1.807) is 12.1 Å². The second-order valence-electron chi connectivity index (χ2n) is 6.51. The fraction of sp³-hybridized carbons (Fsp3) is 0.167. The Labute approximate surface area is 175 Å². The van der Waals surface area contributed by atoms with E-state index >= 15 is 0 Å². The minimum Gasteiger partial charge on any atom is -0.493 e. The summed E-state index contributed by atoms with van der Waals surface area (Å²) in [5, 5.41) is 2.90. The third-order valence-electron chi connectivity index (χ3n) is 4.47. The summed E-state index contributed by atoms with van der Waals surface area (Å²) in [5.74, 6) is -0.0738. The molecule has 0 fully saturated rings. The lowest BCUT2D eigenvalue weighted by Gasteiger charge is -2.13. The molecule has 0 atom stereocenters. The van der Waals surface area contributed by atoms with Crippen LogP contribution in [0.3, 0.4) is 0 Å². The lowest BCUT2D eigenvalue weighted by Crippen LogP contribution is -2.21. The maximum absolute atomic E-state index is 12.5. The number of benzene rings is 3. The Bertz CT molecular complexity index is 1020. The molecule has 0 aromatic heterocycles. The molecule has 0 spiro atoms. The predicted octanol–water partition coefficient (Wildman–Crippen LogP) is 4.09. The molecular formula is C24H23NO5. The van der Waals surface area contributed by atoms with Gasteiger partial charge in [-0.15, -0.1) is 0 Å². The van der Waals surface area contributed by atoms with E-state index in [2.05, 4.69) is 5.32 Å². The van der Waals surface area contributed by atoms with Gasteiger partial charge >= 0.3 is 5.97 Å². The van der Waals surface area contributed by atoms with Gasteiger partial charge in [-0.25, -0.2) is 4.79 Å². The molecule has 0 aliphatic carbocycles. The number of rotatable bonds is 8. The van der Waals surface area contributed by atoms with Crippen LogP contribution in [0, 0.1) is 0 Å². The molecule has 0 unspecified atom stereocenters. The summed E-state index contributed by atoms with van der Waals surface area (Å²) in [6.45, 7) is -0.201. The van der Waals surface area contributed by atoms with E-state index < -0.39 is 5.97 Å². The van der Waals surface area contributed by atoms with Crippen LogP contribution < -0.4 is 14.8 Å². The summed E-state index contributed by atoms with van der Waals surface area (Å²) in [7, 11) is 2.77. The Morgan fingerprint density at radius 2 is 1.60 bits per heavy atom. The summed E-state index contributed by atoms with van der Waals surface area (Å²) in [6, 6.07) is 22.3. The molecular weight excluding hydrogens is 382 g/mol. The number of hydrogen-bond donors (Lipinski definition) is 1. The first-order valence-corrected chi connectivity index (χ1v) is 9.41. The van der Waals surface area contributed by atoms with Gasteiger partial charge in [-0.3, -0.25) is 4.79 Å². The van der Waals surface area contributed by atoms with Gasteiger partial charge in [0, 0.05) is 5.69 Å². The fourth-order valence-electron chi connectivity index (χ4n) is 2.97. The van der Waals surface area contributed by atoms with Crippen LogP contribution in [0.1, 0.15) is 21.5 Å². The first-order chi connectivity index (χ1) is 14.6. The number of methoxy groups -OCH3 is 2. The smallest absolute Gasteiger partial charge is 0.337 e. The average molecular weight is 405 g/mol. The summed E-state index contributed by atoms with van der Waals surface area (Å²) >= 11 is 0. The number of esters is 1. The quantitative estimate of drug-likeness (QED) is 0.572. The molecule has 0 radical (unpaired) electrons. The molecule has 1 N–H and O–H groups in total.